The largest absolute Gasteiger partial charge is 0.516 e. The van der Waals surface area contributed by atoms with Gasteiger partial charge in [-0.1, -0.05) is 17.2 Å². The molecule has 4 heteroatoms. The van der Waals surface area contributed by atoms with Crippen LogP contribution in [0.5, 0.6) is 0 Å². The van der Waals surface area contributed by atoms with E-state index in [4.69, 9.17) is 0 Å². The average molecular weight is 208 g/mol. The average Bonchev–Trinajstić information content (AvgIpc) is 2.16. The van der Waals surface area contributed by atoms with Gasteiger partial charge in [-0.05, 0) is 26.0 Å². The van der Waals surface area contributed by atoms with Crippen molar-refractivity contribution in [2.45, 2.75) is 13.8 Å². The molecule has 1 rings (SSSR count). The number of rotatable bonds is 1. The van der Waals surface area contributed by atoms with Gasteiger partial charge < -0.3 is 9.47 Å². The van der Waals surface area contributed by atoms with E-state index in [1.807, 2.05) is 19.9 Å². The molecule has 0 aliphatic heterocycles. The van der Waals surface area contributed by atoms with Gasteiger partial charge in [-0.25, -0.2) is 9.59 Å². The first-order valence-electron chi connectivity index (χ1n) is 4.41. The first kappa shape index (κ1) is 11.2. The van der Waals surface area contributed by atoms with E-state index in [1.165, 1.54) is 0 Å². The standard InChI is InChI=1S/C11H12O4/c1-7-4-8(2)6-9(5-7)10(12)15-11(13)14-3/h4-6H,1-3H3. The van der Waals surface area contributed by atoms with Gasteiger partial charge in [0.25, 0.3) is 0 Å². The molecule has 0 aromatic heterocycles. The van der Waals surface area contributed by atoms with Crippen LogP contribution in [-0.2, 0) is 9.47 Å². The molecular weight excluding hydrogens is 196 g/mol. The summed E-state index contributed by atoms with van der Waals surface area (Å²) in [6.07, 6.45) is -1.00. The molecule has 0 saturated heterocycles. The lowest BCUT2D eigenvalue weighted by atomic mass is 10.1. The SMILES string of the molecule is COC(=O)OC(=O)c1cc(C)cc(C)c1. The van der Waals surface area contributed by atoms with E-state index in [9.17, 15) is 9.59 Å². The Bertz CT molecular complexity index is 375. The number of esters is 1. The molecule has 0 aliphatic rings. The fraction of sp³-hybridized carbons (Fsp3) is 0.273. The minimum Gasteiger partial charge on any atom is -0.437 e. The van der Waals surface area contributed by atoms with Gasteiger partial charge in [0, 0.05) is 0 Å². The lowest BCUT2D eigenvalue weighted by Crippen LogP contribution is -2.12. The van der Waals surface area contributed by atoms with Crippen LogP contribution in [0, 0.1) is 13.8 Å². The molecule has 0 N–H and O–H groups in total. The Balaban J connectivity index is 2.86. The number of aryl methyl sites for hydroxylation is 2. The van der Waals surface area contributed by atoms with E-state index in [-0.39, 0.29) is 0 Å². The highest BCUT2D eigenvalue weighted by Gasteiger charge is 2.13. The number of benzene rings is 1. The maximum Gasteiger partial charge on any atom is 0.516 e. The van der Waals surface area contributed by atoms with Crippen LogP contribution in [0.3, 0.4) is 0 Å². The van der Waals surface area contributed by atoms with Crippen molar-refractivity contribution in [3.8, 4) is 0 Å². The van der Waals surface area contributed by atoms with Gasteiger partial charge in [-0.2, -0.15) is 0 Å². The van der Waals surface area contributed by atoms with Gasteiger partial charge in [0.1, 0.15) is 0 Å². The van der Waals surface area contributed by atoms with Crippen molar-refractivity contribution in [3.63, 3.8) is 0 Å². The van der Waals surface area contributed by atoms with E-state index in [0.717, 1.165) is 18.2 Å². The zero-order valence-electron chi connectivity index (χ0n) is 8.87. The smallest absolute Gasteiger partial charge is 0.437 e. The summed E-state index contributed by atoms with van der Waals surface area (Å²) in [5.74, 6) is -0.700. The summed E-state index contributed by atoms with van der Waals surface area (Å²) >= 11 is 0. The third-order valence-corrected chi connectivity index (χ3v) is 1.80. The van der Waals surface area contributed by atoms with E-state index >= 15 is 0 Å². The number of hydrogen-bond acceptors (Lipinski definition) is 4. The lowest BCUT2D eigenvalue weighted by molar-refractivity contribution is 0.0451. The molecule has 0 fully saturated rings. The fourth-order valence-electron chi connectivity index (χ4n) is 1.27. The molecule has 0 amide bonds. The summed E-state index contributed by atoms with van der Waals surface area (Å²) < 4.78 is 8.62. The van der Waals surface area contributed by atoms with E-state index in [0.29, 0.717) is 5.56 Å². The molecule has 1 aromatic carbocycles. The summed E-state index contributed by atoms with van der Waals surface area (Å²) in [5, 5.41) is 0. The van der Waals surface area contributed by atoms with Crippen molar-refractivity contribution in [2.24, 2.45) is 0 Å². The molecule has 0 heterocycles. The number of ether oxygens (including phenoxy) is 2. The van der Waals surface area contributed by atoms with Gasteiger partial charge in [0.05, 0.1) is 12.7 Å². The molecule has 0 atom stereocenters. The second-order valence-corrected chi connectivity index (χ2v) is 3.22. The van der Waals surface area contributed by atoms with Crippen LogP contribution >= 0.6 is 0 Å². The molecule has 15 heavy (non-hydrogen) atoms. The van der Waals surface area contributed by atoms with Gasteiger partial charge in [0.2, 0.25) is 0 Å². The molecule has 0 saturated carbocycles. The highest BCUT2D eigenvalue weighted by Crippen LogP contribution is 2.10. The van der Waals surface area contributed by atoms with Gasteiger partial charge in [-0.15, -0.1) is 0 Å². The number of carbonyl (C=O) groups excluding carboxylic acids is 2. The van der Waals surface area contributed by atoms with Gasteiger partial charge in [-0.3, -0.25) is 0 Å². The third-order valence-electron chi connectivity index (χ3n) is 1.80. The van der Waals surface area contributed by atoms with Crippen LogP contribution in [0.2, 0.25) is 0 Å². The van der Waals surface area contributed by atoms with Crippen LogP contribution in [0.4, 0.5) is 4.79 Å². The Morgan fingerprint density at radius 2 is 1.60 bits per heavy atom. The summed E-state index contributed by atoms with van der Waals surface area (Å²) in [6.45, 7) is 3.73. The number of carbonyl (C=O) groups is 2. The Morgan fingerprint density at radius 3 is 2.07 bits per heavy atom. The first-order chi connectivity index (χ1) is 7.02. The highest BCUT2D eigenvalue weighted by atomic mass is 16.7. The van der Waals surface area contributed by atoms with Gasteiger partial charge >= 0.3 is 12.1 Å². The molecule has 0 radical (unpaired) electrons. The minimum absolute atomic E-state index is 0.345. The second-order valence-electron chi connectivity index (χ2n) is 3.22. The molecule has 1 aromatic rings. The molecule has 0 bridgehead atoms. The molecule has 4 nitrogen and oxygen atoms in total. The van der Waals surface area contributed by atoms with Crippen molar-refractivity contribution >= 4 is 12.1 Å². The predicted molar refractivity (Wildman–Crippen MR) is 53.7 cm³/mol. The molecule has 0 unspecified atom stereocenters. The Morgan fingerprint density at radius 1 is 1.07 bits per heavy atom. The first-order valence-corrected chi connectivity index (χ1v) is 4.41. The zero-order valence-corrected chi connectivity index (χ0v) is 8.87. The van der Waals surface area contributed by atoms with Crippen molar-refractivity contribution in [1.82, 2.24) is 0 Å². The summed E-state index contributed by atoms with van der Waals surface area (Å²) in [5.41, 5.74) is 2.22. The topological polar surface area (TPSA) is 52.6 Å². The van der Waals surface area contributed by atoms with E-state index < -0.39 is 12.1 Å². The quantitative estimate of drug-likeness (QED) is 0.524. The van der Waals surface area contributed by atoms with Crippen LogP contribution in [0.15, 0.2) is 18.2 Å². The molecule has 80 valence electrons. The predicted octanol–water partition coefficient (Wildman–Crippen LogP) is 2.23. The molecule has 0 spiro atoms. The van der Waals surface area contributed by atoms with Gasteiger partial charge in [0.15, 0.2) is 0 Å². The molecular formula is C11H12O4. The minimum atomic E-state index is -1.00. The zero-order chi connectivity index (χ0) is 11.4. The van der Waals surface area contributed by atoms with Crippen molar-refractivity contribution in [1.29, 1.82) is 0 Å². The Labute approximate surface area is 87.8 Å². The Kier molecular flexibility index (Phi) is 3.44. The van der Waals surface area contributed by atoms with Crippen LogP contribution in [0.1, 0.15) is 21.5 Å². The fourth-order valence-corrected chi connectivity index (χ4v) is 1.27. The van der Waals surface area contributed by atoms with Crippen molar-refractivity contribution < 1.29 is 19.1 Å². The monoisotopic (exact) mass is 208 g/mol. The maximum absolute atomic E-state index is 11.4. The third kappa shape index (κ3) is 3.09. The molecule has 0 aliphatic carbocycles. The van der Waals surface area contributed by atoms with Crippen molar-refractivity contribution in [2.75, 3.05) is 7.11 Å². The lowest BCUT2D eigenvalue weighted by Gasteiger charge is -2.03. The summed E-state index contributed by atoms with van der Waals surface area (Å²) in [7, 11) is 1.15. The maximum atomic E-state index is 11.4. The van der Waals surface area contributed by atoms with Crippen LogP contribution < -0.4 is 0 Å². The van der Waals surface area contributed by atoms with E-state index in [1.54, 1.807) is 12.1 Å². The summed E-state index contributed by atoms with van der Waals surface area (Å²) in [6, 6.07) is 5.23. The second kappa shape index (κ2) is 4.59. The normalized spacial score (nSPS) is 9.53. The summed E-state index contributed by atoms with van der Waals surface area (Å²) in [4.78, 5) is 22.1. The van der Waals surface area contributed by atoms with Crippen molar-refractivity contribution in [3.05, 3.63) is 34.9 Å². The highest BCUT2D eigenvalue weighted by molar-refractivity contribution is 5.95. The van der Waals surface area contributed by atoms with Crippen LogP contribution in [-0.4, -0.2) is 19.2 Å². The van der Waals surface area contributed by atoms with E-state index in [2.05, 4.69) is 9.47 Å². The number of hydrogen-bond donors (Lipinski definition) is 0. The Hall–Kier alpha value is -1.84. The number of methoxy groups -OCH3 is 1. The van der Waals surface area contributed by atoms with Crippen LogP contribution in [0.25, 0.3) is 0 Å².